The van der Waals surface area contributed by atoms with Crippen molar-refractivity contribution in [3.05, 3.63) is 47.7 Å². The van der Waals surface area contributed by atoms with E-state index >= 15 is 0 Å². The number of hydrogen-bond acceptors (Lipinski definition) is 5. The van der Waals surface area contributed by atoms with Crippen LogP contribution in [0.1, 0.15) is 44.9 Å². The SMILES string of the molecule is CC(C)(C)c1ccc(OCC2CCN(C(=O)C3COc4ccccc4C3)CC2)nn1. The van der Waals surface area contributed by atoms with Gasteiger partial charge in [0.2, 0.25) is 11.8 Å². The Balaban J connectivity index is 1.24. The Kier molecular flexibility index (Phi) is 5.93. The number of para-hydroxylation sites is 1. The highest BCUT2D eigenvalue weighted by Crippen LogP contribution is 2.29. The molecular weight excluding hydrogens is 378 g/mol. The quantitative estimate of drug-likeness (QED) is 0.771. The van der Waals surface area contributed by atoms with Crippen molar-refractivity contribution in [1.82, 2.24) is 15.1 Å². The van der Waals surface area contributed by atoms with Gasteiger partial charge in [-0.15, -0.1) is 5.10 Å². The summed E-state index contributed by atoms with van der Waals surface area (Å²) in [6.45, 7) is 8.99. The van der Waals surface area contributed by atoms with E-state index in [1.54, 1.807) is 0 Å². The van der Waals surface area contributed by atoms with Gasteiger partial charge in [0.15, 0.2) is 0 Å². The number of amides is 1. The zero-order valence-electron chi connectivity index (χ0n) is 18.1. The molecule has 0 aliphatic carbocycles. The van der Waals surface area contributed by atoms with Crippen molar-refractivity contribution in [2.24, 2.45) is 11.8 Å². The fourth-order valence-electron chi connectivity index (χ4n) is 4.07. The number of hydrogen-bond donors (Lipinski definition) is 0. The predicted molar refractivity (Wildman–Crippen MR) is 115 cm³/mol. The molecule has 1 aromatic heterocycles. The fraction of sp³-hybridized carbons (Fsp3) is 0.542. The molecule has 0 radical (unpaired) electrons. The van der Waals surface area contributed by atoms with Gasteiger partial charge in [0.25, 0.3) is 0 Å². The second kappa shape index (κ2) is 8.62. The molecule has 2 aliphatic rings. The summed E-state index contributed by atoms with van der Waals surface area (Å²) in [6, 6.07) is 11.9. The minimum Gasteiger partial charge on any atom is -0.492 e. The summed E-state index contributed by atoms with van der Waals surface area (Å²) in [7, 11) is 0. The van der Waals surface area contributed by atoms with Gasteiger partial charge in [-0.25, -0.2) is 0 Å². The summed E-state index contributed by atoms with van der Waals surface area (Å²) in [4.78, 5) is 15.0. The van der Waals surface area contributed by atoms with E-state index in [1.807, 2.05) is 35.2 Å². The van der Waals surface area contributed by atoms with Gasteiger partial charge in [-0.1, -0.05) is 39.0 Å². The lowest BCUT2D eigenvalue weighted by molar-refractivity contribution is -0.138. The first kappa shape index (κ1) is 20.6. The monoisotopic (exact) mass is 409 g/mol. The third-order valence-electron chi connectivity index (χ3n) is 6.03. The van der Waals surface area contributed by atoms with Gasteiger partial charge in [-0.3, -0.25) is 4.79 Å². The molecule has 30 heavy (non-hydrogen) atoms. The van der Waals surface area contributed by atoms with Crippen molar-refractivity contribution in [3.8, 4) is 11.6 Å². The van der Waals surface area contributed by atoms with Gasteiger partial charge >= 0.3 is 0 Å². The van der Waals surface area contributed by atoms with Crippen LogP contribution >= 0.6 is 0 Å². The molecule has 160 valence electrons. The molecule has 1 atom stereocenters. The molecule has 4 rings (SSSR count). The van der Waals surface area contributed by atoms with E-state index in [4.69, 9.17) is 9.47 Å². The van der Waals surface area contributed by atoms with Crippen LogP contribution in [0.25, 0.3) is 0 Å². The second-order valence-corrected chi connectivity index (χ2v) is 9.41. The Hall–Kier alpha value is -2.63. The maximum Gasteiger partial charge on any atom is 0.233 e. The Labute approximate surface area is 178 Å². The number of carbonyl (C=O) groups is 1. The molecule has 1 fully saturated rings. The van der Waals surface area contributed by atoms with Crippen molar-refractivity contribution in [3.63, 3.8) is 0 Å². The molecule has 6 nitrogen and oxygen atoms in total. The highest BCUT2D eigenvalue weighted by molar-refractivity contribution is 5.80. The summed E-state index contributed by atoms with van der Waals surface area (Å²) in [5, 5.41) is 8.48. The molecule has 0 spiro atoms. The number of ether oxygens (including phenoxy) is 2. The Morgan fingerprint density at radius 2 is 1.90 bits per heavy atom. The standard InChI is InChI=1S/C24H31N3O3/c1-24(2,3)21-8-9-22(26-25-21)30-15-17-10-12-27(13-11-17)23(28)19-14-18-6-4-5-7-20(18)29-16-19/h4-9,17,19H,10-16H2,1-3H3. The second-order valence-electron chi connectivity index (χ2n) is 9.41. The summed E-state index contributed by atoms with van der Waals surface area (Å²) >= 11 is 0. The molecule has 0 saturated carbocycles. The number of aromatic nitrogens is 2. The molecule has 2 aliphatic heterocycles. The zero-order valence-corrected chi connectivity index (χ0v) is 18.1. The first-order valence-corrected chi connectivity index (χ1v) is 10.9. The smallest absolute Gasteiger partial charge is 0.233 e. The Morgan fingerprint density at radius 1 is 1.13 bits per heavy atom. The molecule has 0 N–H and O–H groups in total. The Morgan fingerprint density at radius 3 is 2.60 bits per heavy atom. The number of likely N-dealkylation sites (tertiary alicyclic amines) is 1. The predicted octanol–water partition coefficient (Wildman–Crippen LogP) is 3.64. The molecule has 1 amide bonds. The van der Waals surface area contributed by atoms with E-state index in [9.17, 15) is 4.79 Å². The van der Waals surface area contributed by atoms with Gasteiger partial charge < -0.3 is 14.4 Å². The fourth-order valence-corrected chi connectivity index (χ4v) is 4.07. The molecule has 1 saturated heterocycles. The van der Waals surface area contributed by atoms with E-state index in [-0.39, 0.29) is 17.2 Å². The summed E-state index contributed by atoms with van der Waals surface area (Å²) < 4.78 is 11.7. The molecular formula is C24H31N3O3. The minimum atomic E-state index is -0.0793. The van der Waals surface area contributed by atoms with Gasteiger partial charge in [-0.05, 0) is 42.9 Å². The molecule has 0 bridgehead atoms. The number of fused-ring (bicyclic) bond motifs is 1. The van der Waals surface area contributed by atoms with Crippen LogP contribution in [0.15, 0.2) is 36.4 Å². The van der Waals surface area contributed by atoms with Crippen LogP contribution < -0.4 is 9.47 Å². The molecule has 3 heterocycles. The molecule has 6 heteroatoms. The molecule has 1 unspecified atom stereocenters. The highest BCUT2D eigenvalue weighted by Gasteiger charge is 2.31. The van der Waals surface area contributed by atoms with Crippen molar-refractivity contribution in [2.45, 2.75) is 45.4 Å². The average Bonchev–Trinajstić information content (AvgIpc) is 2.77. The van der Waals surface area contributed by atoms with Gasteiger partial charge in [0, 0.05) is 24.6 Å². The number of rotatable bonds is 4. The average molecular weight is 410 g/mol. The maximum atomic E-state index is 13.0. The number of nitrogens with zero attached hydrogens (tertiary/aromatic N) is 3. The summed E-state index contributed by atoms with van der Waals surface area (Å²) in [6.07, 6.45) is 2.66. The highest BCUT2D eigenvalue weighted by atomic mass is 16.5. The summed E-state index contributed by atoms with van der Waals surface area (Å²) in [5.41, 5.74) is 2.07. The van der Waals surface area contributed by atoms with E-state index < -0.39 is 0 Å². The third-order valence-corrected chi connectivity index (χ3v) is 6.03. The summed E-state index contributed by atoms with van der Waals surface area (Å²) in [5.74, 6) is 2.05. The lowest BCUT2D eigenvalue weighted by Crippen LogP contribution is -2.45. The van der Waals surface area contributed by atoms with Gasteiger partial charge in [0.1, 0.15) is 12.4 Å². The lowest BCUT2D eigenvalue weighted by Gasteiger charge is -2.35. The third kappa shape index (κ3) is 4.74. The Bertz CT molecular complexity index is 868. The minimum absolute atomic E-state index is 0.0175. The number of piperidine rings is 1. The number of benzene rings is 1. The largest absolute Gasteiger partial charge is 0.492 e. The van der Waals surface area contributed by atoms with Crippen LogP contribution in [0.5, 0.6) is 11.6 Å². The first-order valence-electron chi connectivity index (χ1n) is 10.9. The first-order chi connectivity index (χ1) is 14.4. The van der Waals surface area contributed by atoms with Crippen molar-refractivity contribution in [2.75, 3.05) is 26.3 Å². The van der Waals surface area contributed by atoms with E-state index in [0.29, 0.717) is 25.0 Å². The van der Waals surface area contributed by atoms with E-state index in [0.717, 1.165) is 49.4 Å². The van der Waals surface area contributed by atoms with Crippen LogP contribution in [-0.2, 0) is 16.6 Å². The topological polar surface area (TPSA) is 64.5 Å². The zero-order chi connectivity index (χ0) is 21.1. The van der Waals surface area contributed by atoms with Crippen LogP contribution in [-0.4, -0.2) is 47.3 Å². The van der Waals surface area contributed by atoms with Crippen LogP contribution in [0.3, 0.4) is 0 Å². The van der Waals surface area contributed by atoms with E-state index in [2.05, 4.69) is 37.0 Å². The van der Waals surface area contributed by atoms with Crippen LogP contribution in [0, 0.1) is 11.8 Å². The number of carbonyl (C=O) groups excluding carboxylic acids is 1. The van der Waals surface area contributed by atoms with Crippen molar-refractivity contribution >= 4 is 5.91 Å². The van der Waals surface area contributed by atoms with Crippen molar-refractivity contribution < 1.29 is 14.3 Å². The van der Waals surface area contributed by atoms with Gasteiger partial charge in [-0.2, -0.15) is 5.10 Å². The molecule has 2 aromatic rings. The van der Waals surface area contributed by atoms with Gasteiger partial charge in [0.05, 0.1) is 18.2 Å². The maximum absolute atomic E-state index is 13.0. The lowest BCUT2D eigenvalue weighted by atomic mass is 9.92. The molecule has 1 aromatic carbocycles. The van der Waals surface area contributed by atoms with Crippen LogP contribution in [0.4, 0.5) is 0 Å². The van der Waals surface area contributed by atoms with Crippen LogP contribution in [0.2, 0.25) is 0 Å². The van der Waals surface area contributed by atoms with Crippen molar-refractivity contribution in [1.29, 1.82) is 0 Å². The van der Waals surface area contributed by atoms with E-state index in [1.165, 1.54) is 0 Å². The normalized spacial score (nSPS) is 19.7.